The van der Waals surface area contributed by atoms with Crippen LogP contribution in [0.3, 0.4) is 0 Å². The second-order valence-corrected chi connectivity index (χ2v) is 10.9. The van der Waals surface area contributed by atoms with Crippen molar-refractivity contribution in [1.29, 1.82) is 0 Å². The van der Waals surface area contributed by atoms with Gasteiger partial charge < -0.3 is 35.4 Å². The molecule has 1 aliphatic carbocycles. The molecule has 7 aromatic rings. The van der Waals surface area contributed by atoms with Crippen molar-refractivity contribution in [3.63, 3.8) is 0 Å². The third kappa shape index (κ3) is 1.93. The summed E-state index contributed by atoms with van der Waals surface area (Å²) in [6.45, 7) is 1.87. The van der Waals surface area contributed by atoms with Crippen LogP contribution in [0.1, 0.15) is 24.5 Å². The van der Waals surface area contributed by atoms with Crippen molar-refractivity contribution < 1.29 is 35.4 Å². The summed E-state index contributed by atoms with van der Waals surface area (Å²) in [7, 11) is 0. The normalized spacial score (nSPS) is 18.9. The van der Waals surface area contributed by atoms with Gasteiger partial charge in [0.1, 0.15) is 34.5 Å². The van der Waals surface area contributed by atoms with Crippen molar-refractivity contribution in [1.82, 2.24) is 0 Å². The number of fused-ring (bicyclic) bond motifs is 1. The average Bonchev–Trinajstić information content (AvgIpc) is 2.85. The first-order valence-electron chi connectivity index (χ1n) is 12.3. The largest absolute Gasteiger partial charge is 0.511 e. The maximum Gasteiger partial charge on any atom is 0.190 e. The lowest BCUT2D eigenvalue weighted by molar-refractivity contribution is -0.0510. The van der Waals surface area contributed by atoms with Gasteiger partial charge in [0.2, 0.25) is 0 Å². The average molecular weight is 520 g/mol. The number of hydrogen-bond donors (Lipinski definition) is 6. The Kier molecular flexibility index (Phi) is 3.14. The fourth-order valence-electron chi connectivity index (χ4n) is 7.66. The Morgan fingerprint density at radius 3 is 1.72 bits per heavy atom. The monoisotopic (exact) mass is 520 g/mol. The molecule has 1 aliphatic heterocycles. The molecule has 0 fully saturated rings. The van der Waals surface area contributed by atoms with Gasteiger partial charge in [-0.05, 0) is 23.9 Å². The van der Waals surface area contributed by atoms with Gasteiger partial charge in [-0.3, -0.25) is 9.59 Å². The van der Waals surface area contributed by atoms with Gasteiger partial charge in [0.05, 0.1) is 33.6 Å². The Balaban J connectivity index is 1.90. The Morgan fingerprint density at radius 2 is 1.10 bits per heavy atom. The highest BCUT2D eigenvalue weighted by Gasteiger charge is 2.44. The van der Waals surface area contributed by atoms with E-state index in [0.717, 1.165) is 12.1 Å². The summed E-state index contributed by atoms with van der Waals surface area (Å²) in [6.07, 6.45) is -0.00541. The summed E-state index contributed by atoms with van der Waals surface area (Å²) < 4.78 is 6.24. The van der Waals surface area contributed by atoms with E-state index in [1.807, 2.05) is 0 Å². The van der Waals surface area contributed by atoms with Gasteiger partial charge in [-0.15, -0.1) is 0 Å². The summed E-state index contributed by atoms with van der Waals surface area (Å²) in [5.41, 5.74) is -1.27. The topological polar surface area (TPSA) is 165 Å². The molecular weight excluding hydrogens is 504 g/mol. The van der Waals surface area contributed by atoms with Crippen LogP contribution in [-0.2, 0) is 16.9 Å². The Hall–Kier alpha value is -5.02. The van der Waals surface area contributed by atoms with Crippen molar-refractivity contribution in [2.75, 3.05) is 0 Å². The number of rotatable bonds is 0. The molecule has 0 spiro atoms. The van der Waals surface area contributed by atoms with Gasteiger partial charge in [-0.1, -0.05) is 0 Å². The van der Waals surface area contributed by atoms with Crippen molar-refractivity contribution in [2.24, 2.45) is 0 Å². The predicted octanol–water partition coefficient (Wildman–Crippen LogP) is 3.70. The maximum absolute atomic E-state index is 13.5. The second kappa shape index (κ2) is 5.84. The lowest BCUT2D eigenvalue weighted by Gasteiger charge is -2.40. The quantitative estimate of drug-likeness (QED) is 0.129. The zero-order valence-electron chi connectivity index (χ0n) is 20.1. The molecule has 7 aromatic carbocycles. The van der Waals surface area contributed by atoms with Crippen LogP contribution in [0.5, 0.6) is 28.7 Å². The Labute approximate surface area is 215 Å². The molecule has 0 bridgehead atoms. The third-order valence-corrected chi connectivity index (χ3v) is 8.99. The van der Waals surface area contributed by atoms with Crippen LogP contribution < -0.4 is 16.1 Å². The molecule has 0 amide bonds. The molecule has 9 nitrogen and oxygen atoms in total. The van der Waals surface area contributed by atoms with Gasteiger partial charge in [-0.25, -0.2) is 0 Å². The van der Waals surface area contributed by atoms with E-state index in [2.05, 4.69) is 0 Å². The van der Waals surface area contributed by atoms with Gasteiger partial charge in [0.15, 0.2) is 10.9 Å². The van der Waals surface area contributed by atoms with Gasteiger partial charge in [0, 0.05) is 67.2 Å². The maximum atomic E-state index is 13.5. The number of phenols is 5. The molecule has 9 heteroatoms. The van der Waals surface area contributed by atoms with E-state index in [4.69, 9.17) is 4.74 Å². The molecule has 6 N–H and O–H groups in total. The summed E-state index contributed by atoms with van der Waals surface area (Å²) in [5, 5.41) is 69.4. The summed E-state index contributed by atoms with van der Waals surface area (Å²) in [5.74, 6) is -2.39. The van der Waals surface area contributed by atoms with Crippen LogP contribution >= 0.6 is 0 Å². The van der Waals surface area contributed by atoms with E-state index < -0.39 is 39.5 Å². The van der Waals surface area contributed by atoms with Crippen LogP contribution in [0, 0.1) is 0 Å². The minimum Gasteiger partial charge on any atom is -0.511 e. The number of aliphatic hydroxyl groups excluding tert-OH is 1. The van der Waals surface area contributed by atoms with Crippen LogP contribution in [0.4, 0.5) is 0 Å². The first kappa shape index (κ1) is 21.0. The molecule has 1 atom stereocenters. The highest BCUT2D eigenvalue weighted by atomic mass is 16.5. The van der Waals surface area contributed by atoms with Crippen LogP contribution in [0.25, 0.3) is 70.4 Å². The van der Waals surface area contributed by atoms with E-state index in [0.29, 0.717) is 38.1 Å². The fourth-order valence-corrected chi connectivity index (χ4v) is 7.66. The molecule has 0 radical (unpaired) electrons. The summed E-state index contributed by atoms with van der Waals surface area (Å²) in [6, 6.07) is 3.28. The predicted molar refractivity (Wildman–Crippen MR) is 144 cm³/mol. The lowest BCUT2D eigenvalue weighted by Crippen LogP contribution is -2.36. The van der Waals surface area contributed by atoms with Gasteiger partial charge in [0.25, 0.3) is 0 Å². The third-order valence-electron chi connectivity index (χ3n) is 8.99. The van der Waals surface area contributed by atoms with Crippen molar-refractivity contribution in [3.05, 3.63) is 55.0 Å². The number of hydrogen-bond acceptors (Lipinski definition) is 9. The molecule has 0 aromatic heterocycles. The Bertz CT molecular complexity index is 2530. The number of benzene rings is 7. The standard InChI is InChI=1S/C30H16O9/c1-30-5-13(36)20-26-25-23-16(10(33)4-12(35)19(23)29(20)38)15-9(32)3-11(34)18-22(15)24(25)21-14(27(26)30)7(6-39-30)2-8(31)17(21)28(18)37/h2-4,31,34-38H,5-6H2,1H3. The molecule has 1 unspecified atom stereocenters. The van der Waals surface area contributed by atoms with E-state index in [1.54, 1.807) is 6.92 Å². The molecule has 190 valence electrons. The van der Waals surface area contributed by atoms with Crippen LogP contribution in [0.2, 0.25) is 0 Å². The number of ether oxygens (including phenoxy) is 1. The minimum absolute atomic E-state index is 0.00541. The van der Waals surface area contributed by atoms with Crippen LogP contribution in [0.15, 0.2) is 27.8 Å². The fraction of sp³-hybridized carbons (Fsp3) is 0.133. The molecule has 39 heavy (non-hydrogen) atoms. The van der Waals surface area contributed by atoms with E-state index >= 15 is 0 Å². The van der Waals surface area contributed by atoms with Crippen molar-refractivity contribution in [3.8, 4) is 28.7 Å². The Morgan fingerprint density at radius 1 is 0.615 bits per heavy atom. The summed E-state index contributed by atoms with van der Waals surface area (Å²) >= 11 is 0. The smallest absolute Gasteiger partial charge is 0.190 e. The minimum atomic E-state index is -1.08. The zero-order valence-corrected chi connectivity index (χ0v) is 20.1. The number of phenolic OH excluding ortho intramolecular Hbond substituents is 5. The first-order valence-corrected chi connectivity index (χ1v) is 12.3. The van der Waals surface area contributed by atoms with E-state index in [9.17, 15) is 40.2 Å². The van der Waals surface area contributed by atoms with E-state index in [1.165, 1.54) is 6.07 Å². The SMILES string of the molecule is CC12CC(O)=c3c(O)c4c(O)cc(=O)c5c6c(=O)cc(O)c7c(O)c8c(O)cc(c9c1c3c(c45)c(c89)c76)CO2. The molecule has 0 saturated heterocycles. The highest BCUT2D eigenvalue weighted by molar-refractivity contribution is 6.47. The summed E-state index contributed by atoms with van der Waals surface area (Å²) in [4.78, 5) is 26.9. The number of aliphatic hydroxyl groups is 1. The molecule has 0 saturated carbocycles. The number of aromatic hydroxyl groups is 5. The molecule has 2 aliphatic rings. The molecule has 1 heterocycles. The zero-order chi connectivity index (χ0) is 27.0. The van der Waals surface area contributed by atoms with E-state index in [-0.39, 0.29) is 67.5 Å². The first-order chi connectivity index (χ1) is 18.5. The van der Waals surface area contributed by atoms with Gasteiger partial charge in [-0.2, -0.15) is 0 Å². The van der Waals surface area contributed by atoms with Crippen molar-refractivity contribution >= 4 is 70.4 Å². The highest BCUT2D eigenvalue weighted by Crippen LogP contribution is 2.59. The van der Waals surface area contributed by atoms with Gasteiger partial charge >= 0.3 is 0 Å². The van der Waals surface area contributed by atoms with Crippen LogP contribution in [-0.4, -0.2) is 30.6 Å². The molecular formula is C30H16O9. The van der Waals surface area contributed by atoms with Crippen molar-refractivity contribution in [2.45, 2.75) is 25.6 Å². The second-order valence-electron chi connectivity index (χ2n) is 10.9. The lowest BCUT2D eigenvalue weighted by atomic mass is 9.71. The molecule has 9 rings (SSSR count).